The monoisotopic (exact) mass is 276 g/mol. The largest absolute Gasteiger partial charge is 0.385 e. The van der Waals surface area contributed by atoms with Crippen LogP contribution < -0.4 is 5.32 Å². The molecule has 112 valence electrons. The van der Waals surface area contributed by atoms with Crippen molar-refractivity contribution in [3.8, 4) is 0 Å². The Labute approximate surface area is 123 Å². The minimum absolute atomic E-state index is 0.0966. The number of unbranched alkanes of at least 4 members (excludes halogenated alkanes) is 4. The van der Waals surface area contributed by atoms with E-state index in [4.69, 9.17) is 0 Å². The molecule has 0 radical (unpaired) electrons. The highest BCUT2D eigenvalue weighted by molar-refractivity contribution is 5.72. The SMILES string of the molecule is CCCCCCCNc1cccc(CN(C)C(C)=O)c1. The van der Waals surface area contributed by atoms with Crippen molar-refractivity contribution in [2.24, 2.45) is 0 Å². The second-order valence-corrected chi connectivity index (χ2v) is 5.42. The van der Waals surface area contributed by atoms with Gasteiger partial charge in [-0.1, -0.05) is 44.7 Å². The molecule has 3 nitrogen and oxygen atoms in total. The number of benzene rings is 1. The zero-order valence-corrected chi connectivity index (χ0v) is 13.1. The predicted octanol–water partition coefficient (Wildman–Crippen LogP) is 4.05. The lowest BCUT2D eigenvalue weighted by molar-refractivity contribution is -0.128. The third kappa shape index (κ3) is 6.60. The maximum Gasteiger partial charge on any atom is 0.219 e. The summed E-state index contributed by atoms with van der Waals surface area (Å²) < 4.78 is 0. The highest BCUT2D eigenvalue weighted by atomic mass is 16.2. The van der Waals surface area contributed by atoms with Crippen LogP contribution in [0.15, 0.2) is 24.3 Å². The summed E-state index contributed by atoms with van der Waals surface area (Å²) in [5, 5.41) is 3.46. The lowest BCUT2D eigenvalue weighted by atomic mass is 10.1. The molecule has 0 saturated heterocycles. The van der Waals surface area contributed by atoms with E-state index < -0.39 is 0 Å². The molecule has 1 aromatic carbocycles. The van der Waals surface area contributed by atoms with Gasteiger partial charge >= 0.3 is 0 Å². The molecule has 0 saturated carbocycles. The van der Waals surface area contributed by atoms with Crippen LogP contribution in [0, 0.1) is 0 Å². The molecule has 1 rings (SSSR count). The van der Waals surface area contributed by atoms with E-state index in [0.717, 1.165) is 12.2 Å². The van der Waals surface area contributed by atoms with Crippen molar-refractivity contribution in [1.82, 2.24) is 4.90 Å². The molecule has 0 aliphatic heterocycles. The van der Waals surface area contributed by atoms with Gasteiger partial charge in [-0.15, -0.1) is 0 Å². The summed E-state index contributed by atoms with van der Waals surface area (Å²) in [6, 6.07) is 8.32. The summed E-state index contributed by atoms with van der Waals surface area (Å²) in [6.45, 7) is 5.53. The Balaban J connectivity index is 2.34. The summed E-state index contributed by atoms with van der Waals surface area (Å²) in [4.78, 5) is 13.0. The van der Waals surface area contributed by atoms with Gasteiger partial charge in [-0.25, -0.2) is 0 Å². The Morgan fingerprint density at radius 3 is 2.65 bits per heavy atom. The fraction of sp³-hybridized carbons (Fsp3) is 0.588. The molecule has 20 heavy (non-hydrogen) atoms. The van der Waals surface area contributed by atoms with Gasteiger partial charge in [0.2, 0.25) is 5.91 Å². The van der Waals surface area contributed by atoms with E-state index in [-0.39, 0.29) is 5.91 Å². The van der Waals surface area contributed by atoms with Crippen molar-refractivity contribution in [3.63, 3.8) is 0 Å². The van der Waals surface area contributed by atoms with Crippen molar-refractivity contribution in [3.05, 3.63) is 29.8 Å². The Morgan fingerprint density at radius 2 is 1.95 bits per heavy atom. The van der Waals surface area contributed by atoms with E-state index in [1.807, 2.05) is 13.1 Å². The highest BCUT2D eigenvalue weighted by Gasteiger charge is 2.03. The summed E-state index contributed by atoms with van der Waals surface area (Å²) >= 11 is 0. The van der Waals surface area contributed by atoms with Gasteiger partial charge in [0.15, 0.2) is 0 Å². The maximum atomic E-state index is 11.2. The number of carbonyl (C=O) groups excluding carboxylic acids is 1. The Kier molecular flexibility index (Phi) is 7.78. The van der Waals surface area contributed by atoms with Gasteiger partial charge in [0, 0.05) is 32.7 Å². The normalized spacial score (nSPS) is 10.3. The van der Waals surface area contributed by atoms with Crippen molar-refractivity contribution in [1.29, 1.82) is 0 Å². The minimum Gasteiger partial charge on any atom is -0.385 e. The van der Waals surface area contributed by atoms with Gasteiger partial charge in [0.25, 0.3) is 0 Å². The summed E-state index contributed by atoms with van der Waals surface area (Å²) in [6.07, 6.45) is 6.48. The molecule has 0 fully saturated rings. The maximum absolute atomic E-state index is 11.2. The molecule has 1 aromatic rings. The van der Waals surface area contributed by atoms with Crippen LogP contribution in [0.25, 0.3) is 0 Å². The molecule has 1 N–H and O–H groups in total. The molecular formula is C17H28N2O. The standard InChI is InChI=1S/C17H28N2O/c1-4-5-6-7-8-12-18-17-11-9-10-16(13-17)14-19(3)15(2)20/h9-11,13,18H,4-8,12,14H2,1-3H3. The fourth-order valence-corrected chi connectivity index (χ4v) is 2.13. The first kappa shape index (κ1) is 16.5. The van der Waals surface area contributed by atoms with Gasteiger partial charge in [0.1, 0.15) is 0 Å². The van der Waals surface area contributed by atoms with Crippen LogP contribution in [0.5, 0.6) is 0 Å². The smallest absolute Gasteiger partial charge is 0.219 e. The van der Waals surface area contributed by atoms with E-state index in [0.29, 0.717) is 6.54 Å². The second-order valence-electron chi connectivity index (χ2n) is 5.42. The van der Waals surface area contributed by atoms with Gasteiger partial charge in [-0.2, -0.15) is 0 Å². The predicted molar refractivity (Wildman–Crippen MR) is 85.8 cm³/mol. The average molecular weight is 276 g/mol. The number of amides is 1. The van der Waals surface area contributed by atoms with Crippen molar-refractivity contribution < 1.29 is 4.79 Å². The van der Waals surface area contributed by atoms with Crippen LogP contribution in [-0.2, 0) is 11.3 Å². The fourth-order valence-electron chi connectivity index (χ4n) is 2.13. The molecule has 0 aliphatic carbocycles. The first-order chi connectivity index (χ1) is 9.63. The number of rotatable bonds is 9. The first-order valence-corrected chi connectivity index (χ1v) is 7.68. The quantitative estimate of drug-likeness (QED) is 0.690. The van der Waals surface area contributed by atoms with Crippen LogP contribution in [0.2, 0.25) is 0 Å². The molecule has 0 aliphatic rings. The molecule has 0 atom stereocenters. The third-order valence-electron chi connectivity index (χ3n) is 3.49. The van der Waals surface area contributed by atoms with Crippen LogP contribution >= 0.6 is 0 Å². The van der Waals surface area contributed by atoms with Gasteiger partial charge in [0.05, 0.1) is 0 Å². The topological polar surface area (TPSA) is 32.3 Å². The second kappa shape index (κ2) is 9.40. The number of carbonyl (C=O) groups is 1. The third-order valence-corrected chi connectivity index (χ3v) is 3.49. The summed E-state index contributed by atoms with van der Waals surface area (Å²) in [7, 11) is 1.83. The van der Waals surface area contributed by atoms with E-state index in [2.05, 4.69) is 30.4 Å². The molecule has 0 unspecified atom stereocenters. The lowest BCUT2D eigenvalue weighted by Gasteiger charge is -2.15. The zero-order valence-electron chi connectivity index (χ0n) is 13.1. The molecule has 0 aromatic heterocycles. The van der Waals surface area contributed by atoms with Crippen molar-refractivity contribution in [2.45, 2.75) is 52.5 Å². The number of nitrogens with zero attached hydrogens (tertiary/aromatic N) is 1. The Bertz CT molecular complexity index is 404. The zero-order chi connectivity index (χ0) is 14.8. The Morgan fingerprint density at radius 1 is 1.20 bits per heavy atom. The summed E-state index contributed by atoms with van der Waals surface area (Å²) in [5.41, 5.74) is 2.31. The lowest BCUT2D eigenvalue weighted by Crippen LogP contribution is -2.23. The van der Waals surface area contributed by atoms with Crippen molar-refractivity contribution in [2.75, 3.05) is 18.9 Å². The van der Waals surface area contributed by atoms with Gasteiger partial charge in [-0.05, 0) is 24.1 Å². The number of hydrogen-bond donors (Lipinski definition) is 1. The molecule has 3 heteroatoms. The Hall–Kier alpha value is -1.51. The van der Waals surface area contributed by atoms with E-state index in [1.165, 1.54) is 37.7 Å². The van der Waals surface area contributed by atoms with E-state index >= 15 is 0 Å². The number of anilines is 1. The van der Waals surface area contributed by atoms with Crippen LogP contribution in [0.3, 0.4) is 0 Å². The van der Waals surface area contributed by atoms with Crippen LogP contribution in [0.4, 0.5) is 5.69 Å². The highest BCUT2D eigenvalue weighted by Crippen LogP contribution is 2.13. The number of nitrogens with one attached hydrogen (secondary N) is 1. The molecule has 1 amide bonds. The molecular weight excluding hydrogens is 248 g/mol. The molecule has 0 spiro atoms. The molecule has 0 heterocycles. The van der Waals surface area contributed by atoms with Gasteiger partial charge in [-0.3, -0.25) is 4.79 Å². The van der Waals surface area contributed by atoms with Crippen LogP contribution in [0.1, 0.15) is 51.5 Å². The van der Waals surface area contributed by atoms with E-state index in [9.17, 15) is 4.79 Å². The number of hydrogen-bond acceptors (Lipinski definition) is 2. The van der Waals surface area contributed by atoms with Crippen molar-refractivity contribution >= 4 is 11.6 Å². The van der Waals surface area contributed by atoms with Gasteiger partial charge < -0.3 is 10.2 Å². The minimum atomic E-state index is 0.0966. The first-order valence-electron chi connectivity index (χ1n) is 7.68. The van der Waals surface area contributed by atoms with Crippen LogP contribution in [-0.4, -0.2) is 24.4 Å². The molecule has 0 bridgehead atoms. The average Bonchev–Trinajstić information content (AvgIpc) is 2.43. The summed E-state index contributed by atoms with van der Waals surface area (Å²) in [5.74, 6) is 0.0966. The van der Waals surface area contributed by atoms with E-state index in [1.54, 1.807) is 11.8 Å².